The number of hydrogen-bond donors (Lipinski definition) is 1. The summed E-state index contributed by atoms with van der Waals surface area (Å²) in [5.74, 6) is 0. The summed E-state index contributed by atoms with van der Waals surface area (Å²) in [7, 11) is 1.41. The number of nitriles is 1. The minimum absolute atomic E-state index is 0.124. The summed E-state index contributed by atoms with van der Waals surface area (Å²) in [6.45, 7) is 1.79. The molecule has 1 aromatic heterocycles. The van der Waals surface area contributed by atoms with Crippen LogP contribution in [0.2, 0.25) is 0 Å². The lowest BCUT2D eigenvalue weighted by Crippen LogP contribution is -2.20. The number of halogens is 1. The molecule has 0 spiro atoms. The first-order chi connectivity index (χ1) is 7.17. The van der Waals surface area contributed by atoms with Crippen molar-refractivity contribution < 1.29 is 9.13 Å². The third-order valence-corrected chi connectivity index (χ3v) is 2.72. The first kappa shape index (κ1) is 11.5. The molecule has 1 atom stereocenters. The van der Waals surface area contributed by atoms with Crippen molar-refractivity contribution in [1.29, 1.82) is 5.26 Å². The van der Waals surface area contributed by atoms with Crippen LogP contribution in [0, 0.1) is 16.6 Å². The highest BCUT2D eigenvalue weighted by Gasteiger charge is 2.09. The molecule has 0 aliphatic carbocycles. The van der Waals surface area contributed by atoms with E-state index in [9.17, 15) is 4.39 Å². The van der Waals surface area contributed by atoms with Gasteiger partial charge in [0.05, 0.1) is 13.2 Å². The quantitative estimate of drug-likeness (QED) is 0.364. The number of amidine groups is 1. The smallest absolute Gasteiger partial charge is 0.298 e. The van der Waals surface area contributed by atoms with Crippen molar-refractivity contribution in [2.45, 2.75) is 13.0 Å². The summed E-state index contributed by atoms with van der Waals surface area (Å²) < 4.78 is 17.5. The lowest BCUT2D eigenvalue weighted by molar-refractivity contribution is 0.383. The van der Waals surface area contributed by atoms with Crippen molar-refractivity contribution in [2.24, 2.45) is 4.99 Å². The summed E-state index contributed by atoms with van der Waals surface area (Å²) in [6, 6.07) is 2.93. The Bertz CT molecular complexity index is 396. The van der Waals surface area contributed by atoms with Gasteiger partial charge in [-0.1, -0.05) is 0 Å². The minimum atomic E-state index is -0.251. The molecule has 0 amide bonds. The maximum absolute atomic E-state index is 12.7. The molecule has 6 heteroatoms. The van der Waals surface area contributed by atoms with E-state index in [2.05, 4.69) is 10.3 Å². The Morgan fingerprint density at radius 2 is 2.47 bits per heavy atom. The Morgan fingerprint density at radius 1 is 1.73 bits per heavy atom. The number of aliphatic imine (C=N–C) groups is 1. The molecule has 0 radical (unpaired) electrons. The van der Waals surface area contributed by atoms with Crippen LogP contribution in [0.5, 0.6) is 0 Å². The van der Waals surface area contributed by atoms with Gasteiger partial charge in [0.1, 0.15) is 0 Å². The molecule has 4 nitrogen and oxygen atoms in total. The van der Waals surface area contributed by atoms with E-state index >= 15 is 0 Å². The fourth-order valence-corrected chi connectivity index (χ4v) is 1.70. The summed E-state index contributed by atoms with van der Waals surface area (Å²) >= 11 is 1.03. The number of rotatable bonds is 2. The van der Waals surface area contributed by atoms with Crippen LogP contribution in [-0.2, 0) is 4.74 Å². The third-order valence-electron chi connectivity index (χ3n) is 1.67. The van der Waals surface area contributed by atoms with Crippen molar-refractivity contribution >= 4 is 17.4 Å². The van der Waals surface area contributed by atoms with E-state index in [1.807, 2.05) is 0 Å². The van der Waals surface area contributed by atoms with E-state index in [1.54, 1.807) is 19.2 Å². The summed E-state index contributed by atoms with van der Waals surface area (Å²) in [4.78, 5) is 4.85. The average Bonchev–Trinajstić information content (AvgIpc) is 2.64. The second-order valence-corrected chi connectivity index (χ2v) is 3.76. The highest BCUT2D eigenvalue weighted by molar-refractivity contribution is 7.10. The van der Waals surface area contributed by atoms with E-state index < -0.39 is 0 Å². The summed E-state index contributed by atoms with van der Waals surface area (Å²) in [6.07, 6.45) is 1.70. The summed E-state index contributed by atoms with van der Waals surface area (Å²) in [5, 5.41) is 10.4. The van der Waals surface area contributed by atoms with Crippen molar-refractivity contribution in [3.05, 3.63) is 22.1 Å². The van der Waals surface area contributed by atoms with Gasteiger partial charge >= 0.3 is 0 Å². The van der Waals surface area contributed by atoms with Gasteiger partial charge in [-0.05, 0) is 19.1 Å². The van der Waals surface area contributed by atoms with Crippen LogP contribution in [0.3, 0.4) is 0 Å². The fourth-order valence-electron chi connectivity index (χ4n) is 0.976. The van der Waals surface area contributed by atoms with Crippen molar-refractivity contribution in [3.63, 3.8) is 0 Å². The van der Waals surface area contributed by atoms with E-state index in [4.69, 9.17) is 10.00 Å². The zero-order valence-corrected chi connectivity index (χ0v) is 9.14. The van der Waals surface area contributed by atoms with E-state index in [-0.39, 0.29) is 17.2 Å². The van der Waals surface area contributed by atoms with E-state index in [0.29, 0.717) is 0 Å². The Morgan fingerprint density at radius 3 is 2.93 bits per heavy atom. The Kier molecular flexibility index (Phi) is 4.06. The Balaban J connectivity index is 2.77. The maximum Gasteiger partial charge on any atom is 0.298 e. The van der Waals surface area contributed by atoms with Crippen LogP contribution in [0.1, 0.15) is 17.8 Å². The van der Waals surface area contributed by atoms with Crippen LogP contribution in [0.25, 0.3) is 0 Å². The van der Waals surface area contributed by atoms with E-state index in [0.717, 1.165) is 16.2 Å². The van der Waals surface area contributed by atoms with Crippen LogP contribution < -0.4 is 5.32 Å². The first-order valence-corrected chi connectivity index (χ1v) is 5.01. The zero-order chi connectivity index (χ0) is 11.3. The predicted octanol–water partition coefficient (Wildman–Crippen LogP) is 2.02. The summed E-state index contributed by atoms with van der Waals surface area (Å²) in [5.41, 5.74) is 0. The second kappa shape index (κ2) is 5.32. The molecule has 1 unspecified atom stereocenters. The maximum atomic E-state index is 12.7. The molecular formula is C9H10FN3OS. The normalized spacial score (nSPS) is 13.1. The minimum Gasteiger partial charge on any atom is -0.468 e. The van der Waals surface area contributed by atoms with Crippen LogP contribution in [0.4, 0.5) is 4.39 Å². The Labute approximate surface area is 91.0 Å². The van der Waals surface area contributed by atoms with Crippen molar-refractivity contribution in [2.75, 3.05) is 7.11 Å². The third kappa shape index (κ3) is 3.22. The number of thiophene rings is 1. The van der Waals surface area contributed by atoms with Gasteiger partial charge in [0.2, 0.25) is 0 Å². The number of methoxy groups -OCH3 is 1. The van der Waals surface area contributed by atoms with Crippen LogP contribution >= 0.6 is 11.3 Å². The topological polar surface area (TPSA) is 57.4 Å². The van der Waals surface area contributed by atoms with Gasteiger partial charge in [-0.3, -0.25) is 0 Å². The van der Waals surface area contributed by atoms with Gasteiger partial charge < -0.3 is 4.74 Å². The lowest BCUT2D eigenvalue weighted by Gasteiger charge is -2.06. The number of nitrogens with one attached hydrogen (secondary N) is 1. The molecule has 0 aliphatic rings. The molecule has 0 aliphatic heterocycles. The zero-order valence-electron chi connectivity index (χ0n) is 8.32. The van der Waals surface area contributed by atoms with Crippen molar-refractivity contribution in [3.8, 4) is 6.19 Å². The largest absolute Gasteiger partial charge is 0.468 e. The lowest BCUT2D eigenvalue weighted by atomic mass is 10.3. The fraction of sp³-hybridized carbons (Fsp3) is 0.333. The van der Waals surface area contributed by atoms with Gasteiger partial charge in [0, 0.05) is 4.88 Å². The van der Waals surface area contributed by atoms with E-state index in [1.165, 1.54) is 13.2 Å². The van der Waals surface area contributed by atoms with Gasteiger partial charge in [0.15, 0.2) is 11.3 Å². The average molecular weight is 227 g/mol. The first-order valence-electron chi connectivity index (χ1n) is 4.19. The molecule has 1 heterocycles. The molecule has 0 bridgehead atoms. The van der Waals surface area contributed by atoms with Gasteiger partial charge in [-0.2, -0.15) is 9.65 Å². The van der Waals surface area contributed by atoms with Gasteiger partial charge in [-0.15, -0.1) is 11.3 Å². The Hall–Kier alpha value is -1.61. The molecule has 0 saturated carbocycles. The highest BCUT2D eigenvalue weighted by Crippen LogP contribution is 2.24. The molecule has 80 valence electrons. The molecule has 0 saturated heterocycles. The molecular weight excluding hydrogens is 217 g/mol. The molecule has 1 N–H and O–H groups in total. The predicted molar refractivity (Wildman–Crippen MR) is 55.9 cm³/mol. The molecule has 15 heavy (non-hydrogen) atoms. The number of ether oxygens (including phenoxy) is 1. The molecule has 1 rings (SSSR count). The molecule has 1 aromatic rings. The second-order valence-electron chi connectivity index (χ2n) is 2.69. The van der Waals surface area contributed by atoms with Crippen LogP contribution in [-0.4, -0.2) is 13.1 Å². The standard InChI is InChI=1S/C9H10FN3OS/c1-6(7-3-4-8(10)15-7)13-9(14-2)12-5-11/h3-4,6H,1-2H3,(H,12,13). The molecule has 0 fully saturated rings. The highest BCUT2D eigenvalue weighted by atomic mass is 32.1. The monoisotopic (exact) mass is 227 g/mol. The van der Waals surface area contributed by atoms with Gasteiger partial charge in [-0.25, -0.2) is 10.3 Å². The molecule has 0 aromatic carbocycles. The number of hydrogen-bond acceptors (Lipinski definition) is 4. The number of nitrogens with zero attached hydrogens (tertiary/aromatic N) is 2. The van der Waals surface area contributed by atoms with Gasteiger partial charge in [0.25, 0.3) is 6.02 Å². The van der Waals surface area contributed by atoms with Crippen LogP contribution in [0.15, 0.2) is 17.1 Å². The van der Waals surface area contributed by atoms with Crippen molar-refractivity contribution in [1.82, 2.24) is 5.32 Å². The SMILES string of the molecule is COC(=NC(C)c1ccc(F)s1)NC#N.